The number of ether oxygens (including phenoxy) is 4. The quantitative estimate of drug-likeness (QED) is 0.347. The Morgan fingerprint density at radius 2 is 1.66 bits per heavy atom. The van der Waals surface area contributed by atoms with Crippen molar-refractivity contribution in [1.82, 2.24) is 0 Å². The van der Waals surface area contributed by atoms with Crippen molar-refractivity contribution in [1.29, 1.82) is 0 Å². The Labute approximate surface area is 189 Å². The summed E-state index contributed by atoms with van der Waals surface area (Å²) < 4.78 is 21.2. The van der Waals surface area contributed by atoms with Crippen LogP contribution in [0.3, 0.4) is 0 Å². The van der Waals surface area contributed by atoms with Gasteiger partial charge in [-0.1, -0.05) is 6.07 Å². The highest BCUT2D eigenvalue weighted by Crippen LogP contribution is 2.39. The molecule has 0 bridgehead atoms. The molecule has 166 valence electrons. The number of rotatable bonds is 10. The molecule has 1 N–H and O–H groups in total. The zero-order chi connectivity index (χ0) is 23.1. The fraction of sp³-hybridized carbons (Fsp3) is 0.167. The first kappa shape index (κ1) is 22.9. The number of methoxy groups -OCH3 is 3. The van der Waals surface area contributed by atoms with E-state index < -0.39 is 12.6 Å². The SMILES string of the molecule is COc1ccc(-c2cccs2)cc1/C=C/C(=O)c1cc(OC)c(OCC(=O)O)c(OC)c1. The normalized spacial score (nSPS) is 10.7. The highest BCUT2D eigenvalue weighted by Gasteiger charge is 2.18. The van der Waals surface area contributed by atoms with Gasteiger partial charge in [0.2, 0.25) is 5.75 Å². The number of carboxylic acid groups (broad SMARTS) is 1. The van der Waals surface area contributed by atoms with Crippen molar-refractivity contribution in [2.75, 3.05) is 27.9 Å². The smallest absolute Gasteiger partial charge is 0.341 e. The molecule has 2 aromatic carbocycles. The Kier molecular flexibility index (Phi) is 7.51. The third-order valence-corrected chi connectivity index (χ3v) is 5.45. The van der Waals surface area contributed by atoms with Crippen LogP contribution in [0.2, 0.25) is 0 Å². The van der Waals surface area contributed by atoms with Gasteiger partial charge in [-0.3, -0.25) is 4.79 Å². The number of carbonyl (C=O) groups excluding carboxylic acids is 1. The van der Waals surface area contributed by atoms with Crippen molar-refractivity contribution >= 4 is 29.2 Å². The largest absolute Gasteiger partial charge is 0.496 e. The Hall–Kier alpha value is -3.78. The lowest BCUT2D eigenvalue weighted by Crippen LogP contribution is -2.11. The fourth-order valence-electron chi connectivity index (χ4n) is 3.02. The minimum Gasteiger partial charge on any atom is -0.496 e. The van der Waals surface area contributed by atoms with E-state index in [0.717, 1.165) is 16.0 Å². The van der Waals surface area contributed by atoms with Gasteiger partial charge in [0.1, 0.15) is 5.75 Å². The van der Waals surface area contributed by atoms with E-state index in [1.165, 1.54) is 32.4 Å². The van der Waals surface area contributed by atoms with E-state index in [9.17, 15) is 9.59 Å². The number of hydrogen-bond acceptors (Lipinski definition) is 7. The maximum Gasteiger partial charge on any atom is 0.341 e. The van der Waals surface area contributed by atoms with Crippen LogP contribution in [0.1, 0.15) is 15.9 Å². The average molecular weight is 455 g/mol. The maximum absolute atomic E-state index is 12.9. The van der Waals surface area contributed by atoms with Crippen molar-refractivity contribution in [3.8, 4) is 33.4 Å². The molecule has 8 heteroatoms. The van der Waals surface area contributed by atoms with Crippen molar-refractivity contribution in [2.24, 2.45) is 0 Å². The van der Waals surface area contributed by atoms with Crippen molar-refractivity contribution in [3.05, 3.63) is 65.0 Å². The predicted octanol–water partition coefficient (Wildman–Crippen LogP) is 4.80. The Balaban J connectivity index is 1.91. The summed E-state index contributed by atoms with van der Waals surface area (Å²) in [7, 11) is 4.37. The lowest BCUT2D eigenvalue weighted by molar-refractivity contribution is -0.139. The number of thiophene rings is 1. The molecule has 0 fully saturated rings. The van der Waals surface area contributed by atoms with Crippen LogP contribution in [0.25, 0.3) is 16.5 Å². The topological polar surface area (TPSA) is 91.3 Å². The molecule has 0 aliphatic rings. The third kappa shape index (κ3) is 5.28. The summed E-state index contributed by atoms with van der Waals surface area (Å²) in [6.07, 6.45) is 3.12. The number of hydrogen-bond donors (Lipinski definition) is 1. The summed E-state index contributed by atoms with van der Waals surface area (Å²) >= 11 is 1.63. The van der Waals surface area contributed by atoms with Crippen molar-refractivity contribution < 1.29 is 33.6 Å². The maximum atomic E-state index is 12.9. The molecule has 0 aliphatic heterocycles. The number of ketones is 1. The van der Waals surface area contributed by atoms with E-state index in [2.05, 4.69) is 0 Å². The summed E-state index contributed by atoms with van der Waals surface area (Å²) in [5.41, 5.74) is 2.08. The first-order valence-electron chi connectivity index (χ1n) is 9.51. The van der Waals surface area contributed by atoms with Gasteiger partial charge in [0.05, 0.1) is 21.3 Å². The van der Waals surface area contributed by atoms with E-state index in [4.69, 9.17) is 24.1 Å². The Morgan fingerprint density at radius 1 is 0.969 bits per heavy atom. The summed E-state index contributed by atoms with van der Waals surface area (Å²) in [5.74, 6) is -0.296. The minimum absolute atomic E-state index is 0.114. The molecule has 0 unspecified atom stereocenters. The van der Waals surface area contributed by atoms with Gasteiger partial charge in [-0.15, -0.1) is 11.3 Å². The molecule has 1 heterocycles. The molecule has 7 nitrogen and oxygen atoms in total. The van der Waals surface area contributed by atoms with E-state index in [1.54, 1.807) is 24.5 Å². The number of carboxylic acids is 1. The summed E-state index contributed by atoms with van der Waals surface area (Å²) in [6, 6.07) is 12.7. The Morgan fingerprint density at radius 3 is 2.22 bits per heavy atom. The second kappa shape index (κ2) is 10.5. The number of aliphatic carboxylic acids is 1. The van der Waals surface area contributed by atoms with Gasteiger partial charge < -0.3 is 24.1 Å². The van der Waals surface area contributed by atoms with Crippen LogP contribution >= 0.6 is 11.3 Å². The highest BCUT2D eigenvalue weighted by atomic mass is 32.1. The molecule has 32 heavy (non-hydrogen) atoms. The summed E-state index contributed by atoms with van der Waals surface area (Å²) in [4.78, 5) is 24.8. The van der Waals surface area contributed by atoms with E-state index in [-0.39, 0.29) is 23.0 Å². The first-order chi connectivity index (χ1) is 15.5. The van der Waals surface area contributed by atoms with Crippen LogP contribution in [-0.4, -0.2) is 44.8 Å². The molecule has 0 saturated carbocycles. The van der Waals surface area contributed by atoms with Gasteiger partial charge in [0.25, 0.3) is 0 Å². The second-order valence-corrected chi connectivity index (χ2v) is 7.47. The van der Waals surface area contributed by atoms with Crippen LogP contribution in [0, 0.1) is 0 Å². The number of benzene rings is 2. The van der Waals surface area contributed by atoms with Gasteiger partial charge in [0, 0.05) is 16.0 Å². The molecule has 0 spiro atoms. The minimum atomic E-state index is -1.14. The van der Waals surface area contributed by atoms with Crippen LogP contribution in [-0.2, 0) is 4.79 Å². The Bertz CT molecular complexity index is 1110. The van der Waals surface area contributed by atoms with Gasteiger partial charge in [0.15, 0.2) is 23.9 Å². The zero-order valence-electron chi connectivity index (χ0n) is 17.8. The molecule has 0 saturated heterocycles. The molecule has 0 aliphatic carbocycles. The second-order valence-electron chi connectivity index (χ2n) is 6.52. The molecule has 0 atom stereocenters. The van der Waals surface area contributed by atoms with Gasteiger partial charge in [-0.05, 0) is 59.5 Å². The lowest BCUT2D eigenvalue weighted by atomic mass is 10.0. The monoisotopic (exact) mass is 454 g/mol. The number of carbonyl (C=O) groups is 2. The molecular formula is C24H22O7S. The highest BCUT2D eigenvalue weighted by molar-refractivity contribution is 7.13. The van der Waals surface area contributed by atoms with E-state index in [1.807, 2.05) is 35.7 Å². The first-order valence-corrected chi connectivity index (χ1v) is 10.4. The van der Waals surface area contributed by atoms with Gasteiger partial charge in [-0.25, -0.2) is 4.79 Å². The fourth-order valence-corrected chi connectivity index (χ4v) is 3.74. The van der Waals surface area contributed by atoms with Gasteiger partial charge >= 0.3 is 5.97 Å². The average Bonchev–Trinajstić information content (AvgIpc) is 3.35. The molecule has 0 radical (unpaired) electrons. The van der Waals surface area contributed by atoms with E-state index in [0.29, 0.717) is 11.3 Å². The van der Waals surface area contributed by atoms with Crippen molar-refractivity contribution in [3.63, 3.8) is 0 Å². The summed E-state index contributed by atoms with van der Waals surface area (Å²) in [6.45, 7) is -0.569. The van der Waals surface area contributed by atoms with E-state index >= 15 is 0 Å². The standard InChI is InChI=1S/C24H22O7S/c1-28-19-9-7-16(22-5-4-10-32-22)11-15(19)6-8-18(25)17-12-20(29-2)24(21(13-17)30-3)31-14-23(26)27/h4-13H,14H2,1-3H3,(H,26,27)/b8-6+. The van der Waals surface area contributed by atoms with Crippen LogP contribution in [0.4, 0.5) is 0 Å². The van der Waals surface area contributed by atoms with Gasteiger partial charge in [-0.2, -0.15) is 0 Å². The van der Waals surface area contributed by atoms with Crippen LogP contribution < -0.4 is 18.9 Å². The zero-order valence-corrected chi connectivity index (χ0v) is 18.6. The predicted molar refractivity (Wildman–Crippen MR) is 122 cm³/mol. The molecule has 0 amide bonds. The molecule has 3 rings (SSSR count). The molecule has 1 aromatic heterocycles. The molecular weight excluding hydrogens is 432 g/mol. The summed E-state index contributed by atoms with van der Waals surface area (Å²) in [5, 5.41) is 10.9. The third-order valence-electron chi connectivity index (χ3n) is 4.53. The molecule has 3 aromatic rings. The van der Waals surface area contributed by atoms with Crippen LogP contribution in [0.5, 0.6) is 23.0 Å². The lowest BCUT2D eigenvalue weighted by Gasteiger charge is -2.14. The number of allylic oxidation sites excluding steroid dienone is 1. The van der Waals surface area contributed by atoms with Crippen molar-refractivity contribution in [2.45, 2.75) is 0 Å². The van der Waals surface area contributed by atoms with Crippen LogP contribution in [0.15, 0.2) is 53.9 Å².